The molecule has 1 N–H and O–H groups in total. The molecule has 251 valence electrons. The molecule has 0 spiro atoms. The number of aromatic nitrogens is 1. The average Bonchev–Trinajstić information content (AvgIpc) is 3.39. The number of fused-ring (bicyclic) bond motifs is 5. The van der Waals surface area contributed by atoms with E-state index in [1.165, 1.54) is 10.5 Å². The molecule has 1 radical (unpaired) electrons. The van der Waals surface area contributed by atoms with Crippen LogP contribution < -0.4 is 4.40 Å². The number of furan rings is 1. The molecule has 7 heteroatoms. The number of benzene rings is 4. The van der Waals surface area contributed by atoms with E-state index < -0.39 is 13.3 Å². The predicted octanol–water partition coefficient (Wildman–Crippen LogP) is 11.4. The first kappa shape index (κ1) is 35.8. The van der Waals surface area contributed by atoms with Crippen LogP contribution in [0.3, 0.4) is 0 Å². The fourth-order valence-corrected chi connectivity index (χ4v) is 8.92. The predicted molar refractivity (Wildman–Crippen MR) is 199 cm³/mol. The van der Waals surface area contributed by atoms with Gasteiger partial charge in [-0.25, -0.2) is 0 Å². The van der Waals surface area contributed by atoms with Gasteiger partial charge in [-0.05, 0) is 25.7 Å². The van der Waals surface area contributed by atoms with Crippen LogP contribution in [0.2, 0.25) is 17.3 Å². The Balaban J connectivity index is 0.000000243. The number of ketones is 1. The summed E-state index contributed by atoms with van der Waals surface area (Å²) >= 11 is -2.14. The van der Waals surface area contributed by atoms with E-state index in [2.05, 4.69) is 65.8 Å². The largest absolute Gasteiger partial charge is 0 e. The molecule has 3 aromatic heterocycles. The second-order valence-electron chi connectivity index (χ2n) is 13.6. The van der Waals surface area contributed by atoms with Crippen LogP contribution in [0.25, 0.3) is 65.7 Å². The Kier molecular flexibility index (Phi) is 10.9. The molecule has 7 aromatic rings. The number of hydrogen-bond donors (Lipinski definition) is 1. The van der Waals surface area contributed by atoms with Gasteiger partial charge in [0.1, 0.15) is 0 Å². The van der Waals surface area contributed by atoms with Gasteiger partial charge in [0.15, 0.2) is 5.78 Å². The standard InChI is InChI=1S/C28H20GeNO2.C13H24O2.Ir/c1-29(2,3)18-14-22-26-23(15-18)32-28-19-10-6-4-8-16(19)12-20(25(26)28)27-24(31-22)13-17-9-5-7-11-21(17)30-27;1-5-10(6-2)12(14)9-13(15)11(7-3)8-4;/h4-11,13-15H,1-3H3;9-11,14H,5-8H2,1-4H3;/q-1;;/b;12-9-;. The molecule has 7 rings (SSSR count). The number of pyridine rings is 1. The maximum absolute atomic E-state index is 11.7. The number of carbonyl (C=O) groups is 1. The Morgan fingerprint density at radius 1 is 0.833 bits per heavy atom. The molecule has 4 aromatic carbocycles. The van der Waals surface area contributed by atoms with E-state index in [-0.39, 0.29) is 43.5 Å². The molecular formula is C41H44GeIrNO4-. The van der Waals surface area contributed by atoms with Gasteiger partial charge >= 0.3 is 187 Å². The summed E-state index contributed by atoms with van der Waals surface area (Å²) in [7, 11) is 0. The molecular weight excluding hydrogens is 835 g/mol. The van der Waals surface area contributed by atoms with Gasteiger partial charge in [0, 0.05) is 38.0 Å². The number of allylic oxidation sites excluding steroid dienone is 2. The number of carbonyl (C=O) groups excluding carboxylic acids is 1. The van der Waals surface area contributed by atoms with Crippen molar-refractivity contribution in [3.63, 3.8) is 0 Å². The van der Waals surface area contributed by atoms with Gasteiger partial charge in [0.2, 0.25) is 0 Å². The van der Waals surface area contributed by atoms with E-state index in [9.17, 15) is 9.90 Å². The van der Waals surface area contributed by atoms with Crippen molar-refractivity contribution in [1.29, 1.82) is 0 Å². The minimum absolute atomic E-state index is 0. The number of aliphatic hydroxyl groups is 1. The third-order valence-electron chi connectivity index (χ3n) is 9.53. The van der Waals surface area contributed by atoms with Crippen molar-refractivity contribution in [3.05, 3.63) is 84.6 Å². The van der Waals surface area contributed by atoms with E-state index in [0.29, 0.717) is 0 Å². The Labute approximate surface area is 298 Å². The molecule has 0 aliphatic heterocycles. The van der Waals surface area contributed by atoms with Crippen molar-refractivity contribution in [2.24, 2.45) is 11.8 Å². The number of para-hydroxylation sites is 1. The molecule has 48 heavy (non-hydrogen) atoms. The first-order valence-corrected chi connectivity index (χ1v) is 24.3. The third kappa shape index (κ3) is 6.72. The molecule has 5 nitrogen and oxygen atoms in total. The average molecular weight is 880 g/mol. The molecule has 3 heterocycles. The monoisotopic (exact) mass is 881 g/mol. The van der Waals surface area contributed by atoms with Gasteiger partial charge in [0.25, 0.3) is 0 Å². The third-order valence-corrected chi connectivity index (χ3v) is 13.8. The summed E-state index contributed by atoms with van der Waals surface area (Å²) in [4.78, 5) is 16.8. The van der Waals surface area contributed by atoms with Gasteiger partial charge < -0.3 is 5.11 Å². The second-order valence-corrected chi connectivity index (χ2v) is 24.2. The van der Waals surface area contributed by atoms with Crippen molar-refractivity contribution in [3.8, 4) is 0 Å². The van der Waals surface area contributed by atoms with Crippen LogP contribution in [-0.4, -0.2) is 29.1 Å². The topological polar surface area (TPSA) is 76.5 Å². The summed E-state index contributed by atoms with van der Waals surface area (Å²) in [5, 5.41) is 15.9. The van der Waals surface area contributed by atoms with Crippen molar-refractivity contribution in [2.45, 2.75) is 70.6 Å². The van der Waals surface area contributed by atoms with E-state index in [4.69, 9.17) is 13.8 Å². The van der Waals surface area contributed by atoms with E-state index in [1.807, 2.05) is 52.0 Å². The summed E-state index contributed by atoms with van der Waals surface area (Å²) in [6, 6.07) is 26.7. The molecule has 0 aliphatic carbocycles. The van der Waals surface area contributed by atoms with E-state index in [0.717, 1.165) is 91.4 Å². The molecule has 0 unspecified atom stereocenters. The van der Waals surface area contributed by atoms with Crippen LogP contribution in [0.1, 0.15) is 53.4 Å². The molecule has 0 saturated carbocycles. The number of hydrogen-bond acceptors (Lipinski definition) is 5. The Morgan fingerprint density at radius 2 is 1.46 bits per heavy atom. The minimum atomic E-state index is -2.14. The zero-order valence-electron chi connectivity index (χ0n) is 28.9. The van der Waals surface area contributed by atoms with Gasteiger partial charge in [-0.15, -0.1) is 0 Å². The summed E-state index contributed by atoms with van der Waals surface area (Å²) in [5.74, 6) is 7.73. The normalized spacial score (nSPS) is 12.5. The number of aliphatic hydroxyl groups excluding tert-OH is 1. The Bertz CT molecular complexity index is 2280. The van der Waals surface area contributed by atoms with Crippen LogP contribution in [-0.2, 0) is 24.9 Å². The first-order valence-electron chi connectivity index (χ1n) is 16.9. The first-order chi connectivity index (χ1) is 22.6. The minimum Gasteiger partial charge on any atom is 0 e. The van der Waals surface area contributed by atoms with Gasteiger partial charge in [-0.2, -0.15) is 0 Å². The number of rotatable bonds is 8. The van der Waals surface area contributed by atoms with Crippen molar-refractivity contribution >= 4 is 89.1 Å². The summed E-state index contributed by atoms with van der Waals surface area (Å²) in [5.41, 5.74) is 5.16. The molecule has 0 atom stereocenters. The molecule has 0 saturated heterocycles. The maximum atomic E-state index is 11.7. The molecule has 0 fully saturated rings. The van der Waals surface area contributed by atoms with E-state index in [1.54, 1.807) is 0 Å². The van der Waals surface area contributed by atoms with Gasteiger partial charge in [-0.1, -0.05) is 27.7 Å². The van der Waals surface area contributed by atoms with Gasteiger partial charge in [0.05, 0.1) is 5.76 Å². The maximum Gasteiger partial charge on any atom is 0 e. The zero-order chi connectivity index (χ0) is 33.5. The molecule has 0 amide bonds. The zero-order valence-corrected chi connectivity index (χ0v) is 33.4. The van der Waals surface area contributed by atoms with Crippen LogP contribution in [0.5, 0.6) is 0 Å². The SMILES string of the molecule is CCC(CC)C(=O)/C=C(\O)C(CC)CC.[CH3][Ge]([CH3])([CH3])[c]1cc2oc3cc4ccccc4nc3c3[c-]c4ccccc4c4oc(c1)c2c34.[Ir]. The van der Waals surface area contributed by atoms with E-state index >= 15 is 0 Å². The summed E-state index contributed by atoms with van der Waals surface area (Å²) in [6.45, 7) is 8.07. The fourth-order valence-electron chi connectivity index (χ4n) is 6.55. The van der Waals surface area contributed by atoms with Crippen LogP contribution in [0.4, 0.5) is 0 Å². The van der Waals surface area contributed by atoms with Gasteiger partial charge in [-0.3, -0.25) is 4.79 Å². The molecule has 0 aliphatic rings. The second kappa shape index (κ2) is 14.6. The van der Waals surface area contributed by atoms with Crippen LogP contribution in [0, 0.1) is 17.9 Å². The van der Waals surface area contributed by atoms with Crippen molar-refractivity contribution < 1.29 is 38.8 Å². The number of nitrogens with zero attached hydrogens (tertiary/aromatic N) is 1. The molecule has 0 bridgehead atoms. The summed E-state index contributed by atoms with van der Waals surface area (Å²) < 4.78 is 14.6. The Hall–Kier alpha value is -3.45. The van der Waals surface area contributed by atoms with Crippen LogP contribution in [0.15, 0.2) is 87.4 Å². The van der Waals surface area contributed by atoms with Crippen molar-refractivity contribution in [2.75, 3.05) is 0 Å². The Morgan fingerprint density at radius 3 is 2.12 bits per heavy atom. The smallest absolute Gasteiger partial charge is 0 e. The van der Waals surface area contributed by atoms with Crippen LogP contribution >= 0.6 is 0 Å². The van der Waals surface area contributed by atoms with Crippen molar-refractivity contribution in [1.82, 2.24) is 4.98 Å². The quantitative estimate of drug-likeness (QED) is 0.0712. The summed E-state index contributed by atoms with van der Waals surface area (Å²) in [6.07, 6.45) is 4.91. The fraction of sp³-hybridized carbons (Fsp3) is 0.317.